The Morgan fingerprint density at radius 1 is 1.12 bits per heavy atom. The number of nitrogens with one attached hydrogen (secondary N) is 3. The first-order valence-electron chi connectivity index (χ1n) is 7.55. The number of benzene rings is 2. The number of hydrogen-bond donors (Lipinski definition) is 3. The van der Waals surface area contributed by atoms with Crippen molar-refractivity contribution >= 4 is 60.8 Å². The Kier molecular flexibility index (Phi) is 5.56. The van der Waals surface area contributed by atoms with E-state index in [4.69, 9.17) is 12.2 Å². The molecule has 4 nitrogen and oxygen atoms in total. The molecule has 3 N–H and O–H groups in total. The molecule has 1 unspecified atom stereocenters. The van der Waals surface area contributed by atoms with E-state index in [1.165, 1.54) is 0 Å². The third kappa shape index (κ3) is 4.11. The average molecular weight is 481 g/mol. The number of hydrogen-bond acceptors (Lipinski definition) is 2. The fourth-order valence-electron chi connectivity index (χ4n) is 2.67. The van der Waals surface area contributed by atoms with Crippen LogP contribution in [0.1, 0.15) is 18.5 Å². The monoisotopic (exact) mass is 479 g/mol. The van der Waals surface area contributed by atoms with Crippen LogP contribution in [0.25, 0.3) is 0 Å². The zero-order chi connectivity index (χ0) is 18.0. The van der Waals surface area contributed by atoms with Gasteiger partial charge in [0, 0.05) is 20.3 Å². The van der Waals surface area contributed by atoms with E-state index >= 15 is 0 Å². The maximum Gasteiger partial charge on any atom is 0.255 e. The first-order chi connectivity index (χ1) is 12.0. The maximum absolute atomic E-state index is 12.9. The molecule has 1 amide bonds. The van der Waals surface area contributed by atoms with Crippen LogP contribution in [0.4, 0.5) is 5.69 Å². The van der Waals surface area contributed by atoms with Crippen LogP contribution >= 0.6 is 44.1 Å². The second kappa shape index (κ2) is 7.68. The van der Waals surface area contributed by atoms with E-state index < -0.39 is 0 Å². The number of amides is 1. The molecule has 3 rings (SSSR count). The number of carbonyl (C=O) groups excluding carboxylic acids is 1. The summed E-state index contributed by atoms with van der Waals surface area (Å²) in [7, 11) is 0. The summed E-state index contributed by atoms with van der Waals surface area (Å²) in [5, 5.41) is 9.68. The molecule has 128 valence electrons. The van der Waals surface area contributed by atoms with Crippen LogP contribution < -0.4 is 16.0 Å². The molecule has 1 atom stereocenters. The Morgan fingerprint density at radius 2 is 1.80 bits per heavy atom. The first kappa shape index (κ1) is 18.1. The van der Waals surface area contributed by atoms with Crippen molar-refractivity contribution in [1.29, 1.82) is 0 Å². The Balaban J connectivity index is 1.96. The fraction of sp³-hybridized carbons (Fsp3) is 0.111. The molecule has 0 spiro atoms. The van der Waals surface area contributed by atoms with Crippen LogP contribution in [-0.4, -0.2) is 11.0 Å². The average Bonchev–Trinajstić information content (AvgIpc) is 2.56. The van der Waals surface area contributed by atoms with E-state index in [0.717, 1.165) is 25.9 Å². The summed E-state index contributed by atoms with van der Waals surface area (Å²) in [6.45, 7) is 1.85. The molecule has 0 saturated heterocycles. The molecule has 1 aliphatic heterocycles. The zero-order valence-electron chi connectivity index (χ0n) is 13.3. The highest BCUT2D eigenvalue weighted by molar-refractivity contribution is 9.10. The van der Waals surface area contributed by atoms with Crippen molar-refractivity contribution in [2.75, 3.05) is 5.32 Å². The predicted molar refractivity (Wildman–Crippen MR) is 111 cm³/mol. The minimum atomic E-state index is -0.334. The highest BCUT2D eigenvalue weighted by Crippen LogP contribution is 2.32. The standard InChI is InChI=1S/C18H15Br2N3OS/c1-10-15(17(24)22-12-8-6-11(19)7-9-12)16(23-18(25)21-10)13-4-2-3-5-14(13)20/h2-9,16H,1H3,(H,22,24)(H2,21,23,25). The lowest BCUT2D eigenvalue weighted by Gasteiger charge is -2.31. The third-order valence-electron chi connectivity index (χ3n) is 3.83. The lowest BCUT2D eigenvalue weighted by molar-refractivity contribution is -0.113. The minimum Gasteiger partial charge on any atom is -0.351 e. The van der Waals surface area contributed by atoms with Crippen LogP contribution in [0.2, 0.25) is 0 Å². The van der Waals surface area contributed by atoms with E-state index in [1.807, 2.05) is 55.5 Å². The summed E-state index contributed by atoms with van der Waals surface area (Å²) in [5.74, 6) is -0.178. The van der Waals surface area contributed by atoms with Crippen molar-refractivity contribution in [2.24, 2.45) is 0 Å². The summed E-state index contributed by atoms with van der Waals surface area (Å²) in [5.41, 5.74) is 3.02. The number of anilines is 1. The van der Waals surface area contributed by atoms with Crippen LogP contribution in [0, 0.1) is 0 Å². The number of thiocarbonyl (C=S) groups is 1. The normalized spacial score (nSPS) is 16.9. The second-order valence-electron chi connectivity index (χ2n) is 5.55. The molecule has 0 aliphatic carbocycles. The van der Waals surface area contributed by atoms with Gasteiger partial charge in [-0.05, 0) is 55.0 Å². The molecule has 0 radical (unpaired) electrons. The van der Waals surface area contributed by atoms with Crippen molar-refractivity contribution < 1.29 is 4.79 Å². The molecular weight excluding hydrogens is 466 g/mol. The van der Waals surface area contributed by atoms with Gasteiger partial charge in [-0.2, -0.15) is 0 Å². The van der Waals surface area contributed by atoms with Gasteiger partial charge in [0.15, 0.2) is 5.11 Å². The van der Waals surface area contributed by atoms with E-state index in [0.29, 0.717) is 10.7 Å². The molecular formula is C18H15Br2N3OS. The molecule has 0 saturated carbocycles. The Morgan fingerprint density at radius 3 is 2.48 bits per heavy atom. The minimum absolute atomic E-state index is 0.178. The van der Waals surface area contributed by atoms with Gasteiger partial charge in [0.1, 0.15) is 0 Å². The molecule has 2 aromatic rings. The van der Waals surface area contributed by atoms with Crippen LogP contribution in [-0.2, 0) is 4.79 Å². The quantitative estimate of drug-likeness (QED) is 0.560. The summed E-state index contributed by atoms with van der Waals surface area (Å²) >= 11 is 12.2. The van der Waals surface area contributed by atoms with Crippen molar-refractivity contribution in [1.82, 2.24) is 10.6 Å². The molecule has 1 heterocycles. The van der Waals surface area contributed by atoms with E-state index in [1.54, 1.807) is 0 Å². The lowest BCUT2D eigenvalue weighted by atomic mass is 9.95. The highest BCUT2D eigenvalue weighted by Gasteiger charge is 2.30. The van der Waals surface area contributed by atoms with Crippen LogP contribution in [0.15, 0.2) is 68.7 Å². The van der Waals surface area contributed by atoms with Gasteiger partial charge in [0.05, 0.1) is 11.6 Å². The summed E-state index contributed by atoms with van der Waals surface area (Å²) < 4.78 is 1.87. The Hall–Kier alpha value is -1.70. The Bertz CT molecular complexity index is 865. The SMILES string of the molecule is CC1=C(C(=O)Nc2ccc(Br)cc2)C(c2ccccc2Br)NC(=S)N1. The molecule has 2 aromatic carbocycles. The van der Waals surface area contributed by atoms with Gasteiger partial charge >= 0.3 is 0 Å². The van der Waals surface area contributed by atoms with Gasteiger partial charge in [-0.25, -0.2) is 0 Å². The van der Waals surface area contributed by atoms with Gasteiger partial charge in [-0.1, -0.05) is 50.1 Å². The second-order valence-corrected chi connectivity index (χ2v) is 7.73. The zero-order valence-corrected chi connectivity index (χ0v) is 17.3. The van der Waals surface area contributed by atoms with Gasteiger partial charge in [-0.3, -0.25) is 4.79 Å². The third-order valence-corrected chi connectivity index (χ3v) is 5.30. The van der Waals surface area contributed by atoms with Gasteiger partial charge < -0.3 is 16.0 Å². The molecule has 7 heteroatoms. The number of allylic oxidation sites excluding steroid dienone is 1. The van der Waals surface area contributed by atoms with Gasteiger partial charge in [0.25, 0.3) is 5.91 Å². The van der Waals surface area contributed by atoms with E-state index in [9.17, 15) is 4.79 Å². The van der Waals surface area contributed by atoms with Crippen molar-refractivity contribution in [3.63, 3.8) is 0 Å². The molecule has 1 aliphatic rings. The van der Waals surface area contributed by atoms with Crippen LogP contribution in [0.3, 0.4) is 0 Å². The number of halogens is 2. The Labute approximate surface area is 168 Å². The molecule has 0 fully saturated rings. The first-order valence-corrected chi connectivity index (χ1v) is 9.55. The largest absolute Gasteiger partial charge is 0.351 e. The molecule has 25 heavy (non-hydrogen) atoms. The smallest absolute Gasteiger partial charge is 0.255 e. The van der Waals surface area contributed by atoms with E-state index in [-0.39, 0.29) is 11.9 Å². The maximum atomic E-state index is 12.9. The summed E-state index contributed by atoms with van der Waals surface area (Å²) in [4.78, 5) is 12.9. The predicted octanol–water partition coefficient (Wildman–Crippen LogP) is 4.64. The number of rotatable bonds is 3. The van der Waals surface area contributed by atoms with E-state index in [2.05, 4.69) is 47.8 Å². The van der Waals surface area contributed by atoms with Crippen molar-refractivity contribution in [3.05, 3.63) is 74.3 Å². The van der Waals surface area contributed by atoms with Crippen molar-refractivity contribution in [2.45, 2.75) is 13.0 Å². The lowest BCUT2D eigenvalue weighted by Crippen LogP contribution is -2.45. The number of carbonyl (C=O) groups is 1. The van der Waals surface area contributed by atoms with Crippen molar-refractivity contribution in [3.8, 4) is 0 Å². The van der Waals surface area contributed by atoms with Gasteiger partial charge in [-0.15, -0.1) is 0 Å². The van der Waals surface area contributed by atoms with Gasteiger partial charge in [0.2, 0.25) is 0 Å². The molecule has 0 aromatic heterocycles. The summed E-state index contributed by atoms with van der Waals surface area (Å²) in [6, 6.07) is 14.9. The van der Waals surface area contributed by atoms with Crippen LogP contribution in [0.5, 0.6) is 0 Å². The summed E-state index contributed by atoms with van der Waals surface area (Å²) in [6.07, 6.45) is 0. The highest BCUT2D eigenvalue weighted by atomic mass is 79.9. The molecule has 0 bridgehead atoms. The fourth-order valence-corrected chi connectivity index (χ4v) is 3.72. The topological polar surface area (TPSA) is 53.2 Å².